The van der Waals surface area contributed by atoms with Crippen LogP contribution in [0.3, 0.4) is 0 Å². The van der Waals surface area contributed by atoms with Gasteiger partial charge in [0.25, 0.3) is 5.91 Å². The highest BCUT2D eigenvalue weighted by molar-refractivity contribution is 6.30. The Labute approximate surface area is 169 Å². The van der Waals surface area contributed by atoms with Gasteiger partial charge in [-0.1, -0.05) is 29.8 Å². The lowest BCUT2D eigenvalue weighted by atomic mass is 9.90. The Morgan fingerprint density at radius 3 is 2.21 bits per heavy atom. The molecule has 28 heavy (non-hydrogen) atoms. The molecule has 0 unspecified atom stereocenters. The average molecular weight is 396 g/mol. The van der Waals surface area contributed by atoms with Gasteiger partial charge < -0.3 is 0 Å². The van der Waals surface area contributed by atoms with Crippen LogP contribution in [0.4, 0.5) is 5.69 Å². The normalized spacial score (nSPS) is 27.5. The van der Waals surface area contributed by atoms with E-state index in [0.717, 1.165) is 36.2 Å². The van der Waals surface area contributed by atoms with Crippen LogP contribution in [0.1, 0.15) is 29.2 Å². The molecule has 5 nitrogen and oxygen atoms in total. The van der Waals surface area contributed by atoms with Gasteiger partial charge in [0.05, 0.1) is 17.6 Å². The van der Waals surface area contributed by atoms with E-state index >= 15 is 0 Å². The SMILES string of the molecule is Cc1ccc(N2C(=O)[C@@H]3[C@@H](c4ccc(Cl)cc4)N4CCCN4[C@H]3C2=O)cc1C. The zero-order valence-corrected chi connectivity index (χ0v) is 16.7. The smallest absolute Gasteiger partial charge is 0.253 e. The zero-order chi connectivity index (χ0) is 19.6. The highest BCUT2D eigenvalue weighted by atomic mass is 35.5. The fraction of sp³-hybridized carbons (Fsp3) is 0.364. The van der Waals surface area contributed by atoms with E-state index < -0.39 is 12.0 Å². The molecule has 144 valence electrons. The van der Waals surface area contributed by atoms with Gasteiger partial charge in [-0.05, 0) is 61.2 Å². The summed E-state index contributed by atoms with van der Waals surface area (Å²) >= 11 is 6.07. The van der Waals surface area contributed by atoms with E-state index in [4.69, 9.17) is 11.6 Å². The number of hydrazine groups is 1. The molecule has 3 aliphatic rings. The highest BCUT2D eigenvalue weighted by Crippen LogP contribution is 2.49. The molecule has 0 N–H and O–H groups in total. The summed E-state index contributed by atoms with van der Waals surface area (Å²) in [5.74, 6) is -0.607. The minimum atomic E-state index is -0.419. The number of rotatable bonds is 2. The lowest BCUT2D eigenvalue weighted by Gasteiger charge is -2.30. The quantitative estimate of drug-likeness (QED) is 0.730. The number of nitrogens with zero attached hydrogens (tertiary/aromatic N) is 3. The molecule has 0 saturated carbocycles. The molecule has 3 atom stereocenters. The number of hydrogen-bond donors (Lipinski definition) is 0. The number of halogens is 1. The van der Waals surface area contributed by atoms with Crippen molar-refractivity contribution in [3.8, 4) is 0 Å². The van der Waals surface area contributed by atoms with Crippen molar-refractivity contribution >= 4 is 29.1 Å². The van der Waals surface area contributed by atoms with E-state index in [9.17, 15) is 9.59 Å². The van der Waals surface area contributed by atoms with E-state index in [2.05, 4.69) is 10.0 Å². The van der Waals surface area contributed by atoms with Gasteiger partial charge in [-0.3, -0.25) is 9.59 Å². The summed E-state index contributed by atoms with van der Waals surface area (Å²) in [5, 5.41) is 5.00. The number of amides is 2. The molecule has 3 fully saturated rings. The van der Waals surface area contributed by atoms with Crippen LogP contribution in [0.5, 0.6) is 0 Å². The van der Waals surface area contributed by atoms with Gasteiger partial charge in [0.1, 0.15) is 6.04 Å². The van der Waals surface area contributed by atoms with Crippen LogP contribution in [0.15, 0.2) is 42.5 Å². The van der Waals surface area contributed by atoms with Crippen LogP contribution in [0.2, 0.25) is 5.02 Å². The van der Waals surface area contributed by atoms with Crippen LogP contribution in [-0.2, 0) is 9.59 Å². The van der Waals surface area contributed by atoms with Crippen molar-refractivity contribution < 1.29 is 9.59 Å². The number of benzene rings is 2. The van der Waals surface area contributed by atoms with Crippen LogP contribution in [0.25, 0.3) is 0 Å². The van der Waals surface area contributed by atoms with Gasteiger partial charge in [0.2, 0.25) is 5.91 Å². The third kappa shape index (κ3) is 2.47. The van der Waals surface area contributed by atoms with Gasteiger partial charge in [-0.15, -0.1) is 0 Å². The molecular formula is C22H22ClN3O2. The van der Waals surface area contributed by atoms with Gasteiger partial charge in [0.15, 0.2) is 0 Å². The second kappa shape index (κ2) is 6.41. The molecule has 2 amide bonds. The van der Waals surface area contributed by atoms with Crippen molar-refractivity contribution in [3.05, 3.63) is 64.2 Å². The Bertz CT molecular complexity index is 974. The molecule has 0 aromatic heterocycles. The Balaban J connectivity index is 1.58. The first kappa shape index (κ1) is 17.9. The minimum absolute atomic E-state index is 0.104. The van der Waals surface area contributed by atoms with Crippen molar-refractivity contribution in [3.63, 3.8) is 0 Å². The second-order valence-corrected chi connectivity index (χ2v) is 8.36. The molecular weight excluding hydrogens is 374 g/mol. The summed E-state index contributed by atoms with van der Waals surface area (Å²) in [6, 6.07) is 12.9. The largest absolute Gasteiger partial charge is 0.274 e. The topological polar surface area (TPSA) is 43.9 Å². The molecule has 0 spiro atoms. The van der Waals surface area contributed by atoms with Gasteiger partial charge in [-0.2, -0.15) is 0 Å². The molecule has 3 aliphatic heterocycles. The number of fused-ring (bicyclic) bond motifs is 3. The third-order valence-corrected chi connectivity index (χ3v) is 6.62. The van der Waals surface area contributed by atoms with Gasteiger partial charge >= 0.3 is 0 Å². The Morgan fingerprint density at radius 1 is 0.857 bits per heavy atom. The number of aryl methyl sites for hydroxylation is 2. The molecule has 0 radical (unpaired) electrons. The molecule has 2 aromatic rings. The van der Waals surface area contributed by atoms with Crippen molar-refractivity contribution in [2.45, 2.75) is 32.4 Å². The van der Waals surface area contributed by atoms with Crippen LogP contribution >= 0.6 is 11.6 Å². The van der Waals surface area contributed by atoms with Gasteiger partial charge in [0, 0.05) is 18.1 Å². The summed E-state index contributed by atoms with van der Waals surface area (Å²) < 4.78 is 0. The number of hydrogen-bond acceptors (Lipinski definition) is 4. The Morgan fingerprint density at radius 2 is 1.54 bits per heavy atom. The molecule has 2 aromatic carbocycles. The molecule has 6 heteroatoms. The van der Waals surface area contributed by atoms with Crippen LogP contribution < -0.4 is 4.90 Å². The summed E-state index contributed by atoms with van der Waals surface area (Å²) in [5.41, 5.74) is 3.93. The van der Waals surface area contributed by atoms with E-state index in [0.29, 0.717) is 10.7 Å². The maximum Gasteiger partial charge on any atom is 0.253 e. The first-order valence-corrected chi connectivity index (χ1v) is 10.1. The maximum absolute atomic E-state index is 13.5. The lowest BCUT2D eigenvalue weighted by Crippen LogP contribution is -2.44. The molecule has 0 bridgehead atoms. The summed E-state index contributed by atoms with van der Waals surface area (Å²) in [4.78, 5) is 28.3. The van der Waals surface area contributed by atoms with Crippen molar-refractivity contribution in [2.75, 3.05) is 18.0 Å². The molecule has 3 saturated heterocycles. The summed E-state index contributed by atoms with van der Waals surface area (Å²) in [7, 11) is 0. The monoisotopic (exact) mass is 395 g/mol. The third-order valence-electron chi connectivity index (χ3n) is 6.37. The average Bonchev–Trinajstić information content (AvgIpc) is 3.31. The van der Waals surface area contributed by atoms with E-state index in [1.54, 1.807) is 0 Å². The fourth-order valence-corrected chi connectivity index (χ4v) is 5.02. The first-order chi connectivity index (χ1) is 13.5. The van der Waals surface area contributed by atoms with Crippen molar-refractivity contribution in [1.29, 1.82) is 0 Å². The highest BCUT2D eigenvalue weighted by Gasteiger charge is 2.62. The maximum atomic E-state index is 13.5. The zero-order valence-electron chi connectivity index (χ0n) is 15.9. The van der Waals surface area contributed by atoms with Crippen LogP contribution in [0, 0.1) is 19.8 Å². The molecule has 3 heterocycles. The number of imide groups is 1. The standard InChI is InChI=1S/C22H22ClN3O2/c1-13-4-9-17(12-14(13)2)26-21(27)18-19(15-5-7-16(23)8-6-15)24-10-3-11-25(24)20(18)22(26)28/h4-9,12,18-20H,3,10-11H2,1-2H3/t18-,19-,20-/m1/s1. The predicted molar refractivity (Wildman–Crippen MR) is 108 cm³/mol. The fourth-order valence-electron chi connectivity index (χ4n) is 4.89. The predicted octanol–water partition coefficient (Wildman–Crippen LogP) is 3.49. The Kier molecular flexibility index (Phi) is 4.09. The number of carbonyl (C=O) groups is 2. The van der Waals surface area contributed by atoms with E-state index in [1.807, 2.05) is 56.3 Å². The summed E-state index contributed by atoms with van der Waals surface area (Å²) in [6.07, 6.45) is 0.998. The first-order valence-electron chi connectivity index (χ1n) is 9.71. The molecule has 5 rings (SSSR count). The summed E-state index contributed by atoms with van der Waals surface area (Å²) in [6.45, 7) is 5.71. The number of carbonyl (C=O) groups excluding carboxylic acids is 2. The van der Waals surface area contributed by atoms with Crippen LogP contribution in [-0.4, -0.2) is 41.0 Å². The lowest BCUT2D eigenvalue weighted by molar-refractivity contribution is -0.126. The number of anilines is 1. The minimum Gasteiger partial charge on any atom is -0.274 e. The van der Waals surface area contributed by atoms with Gasteiger partial charge in [-0.25, -0.2) is 14.9 Å². The van der Waals surface area contributed by atoms with E-state index in [1.165, 1.54) is 4.90 Å². The second-order valence-electron chi connectivity index (χ2n) is 7.93. The van der Waals surface area contributed by atoms with Crippen molar-refractivity contribution in [2.24, 2.45) is 5.92 Å². The van der Waals surface area contributed by atoms with Crippen molar-refractivity contribution in [1.82, 2.24) is 10.0 Å². The van der Waals surface area contributed by atoms with E-state index in [-0.39, 0.29) is 17.9 Å². The Hall–Kier alpha value is -2.21. The molecule has 0 aliphatic carbocycles.